The van der Waals surface area contributed by atoms with Gasteiger partial charge in [-0.15, -0.1) is 0 Å². The Morgan fingerprint density at radius 3 is 2.71 bits per heavy atom. The predicted molar refractivity (Wildman–Crippen MR) is 105 cm³/mol. The van der Waals surface area contributed by atoms with Crippen molar-refractivity contribution in [2.24, 2.45) is 22.7 Å². The predicted octanol–water partition coefficient (Wildman–Crippen LogP) is 5.23. The number of rotatable bonds is 5. The molecule has 1 heterocycles. The van der Waals surface area contributed by atoms with Crippen LogP contribution in [0.1, 0.15) is 71.0 Å². The van der Waals surface area contributed by atoms with Crippen LogP contribution in [0.4, 0.5) is 0 Å². The van der Waals surface area contributed by atoms with Gasteiger partial charge in [0.2, 0.25) is 0 Å². The second kappa shape index (κ2) is 7.76. The molecule has 5 nitrogen and oxygen atoms in total. The zero-order chi connectivity index (χ0) is 20.5. The first-order valence-corrected chi connectivity index (χ1v) is 10.2. The van der Waals surface area contributed by atoms with Gasteiger partial charge >= 0.3 is 11.9 Å². The molecule has 2 aliphatic carbocycles. The standard InChI is InChI=1S/C23H32O5/c1-15-7-8-20-22(3,10-6-11-23(20,4)21(25)26-5)18(15)13-19(28-16(2)24)17-9-12-27-14-17/h9,12,14,18-20H,1,6-8,10-11,13H2,2-5H3/t18-,19-,20?,22+,23-/m1/s1. The number of fused-ring (bicyclic) bond motifs is 1. The summed E-state index contributed by atoms with van der Waals surface area (Å²) < 4.78 is 16.1. The summed E-state index contributed by atoms with van der Waals surface area (Å²) in [4.78, 5) is 24.4. The van der Waals surface area contributed by atoms with Gasteiger partial charge in [-0.25, -0.2) is 0 Å². The summed E-state index contributed by atoms with van der Waals surface area (Å²) in [6.45, 7) is 10.2. The summed E-state index contributed by atoms with van der Waals surface area (Å²) in [5, 5.41) is 0. The number of furan rings is 1. The Morgan fingerprint density at radius 2 is 2.11 bits per heavy atom. The van der Waals surface area contributed by atoms with Crippen LogP contribution in [-0.4, -0.2) is 19.0 Å². The molecule has 2 saturated carbocycles. The maximum atomic E-state index is 12.7. The quantitative estimate of drug-likeness (QED) is 0.511. The van der Waals surface area contributed by atoms with Crippen molar-refractivity contribution >= 4 is 11.9 Å². The lowest BCUT2D eigenvalue weighted by molar-refractivity contribution is -0.169. The van der Waals surface area contributed by atoms with E-state index >= 15 is 0 Å². The molecule has 1 aromatic rings. The molecule has 0 radical (unpaired) electrons. The third-order valence-electron chi connectivity index (χ3n) is 7.34. The zero-order valence-electron chi connectivity index (χ0n) is 17.5. The fourth-order valence-electron chi connectivity index (χ4n) is 5.99. The van der Waals surface area contributed by atoms with Gasteiger partial charge in [0.15, 0.2) is 0 Å². The highest BCUT2D eigenvalue weighted by atomic mass is 16.5. The van der Waals surface area contributed by atoms with Crippen LogP contribution in [0.5, 0.6) is 0 Å². The van der Waals surface area contributed by atoms with Crippen molar-refractivity contribution in [3.63, 3.8) is 0 Å². The lowest BCUT2D eigenvalue weighted by Crippen LogP contribution is -2.53. The molecule has 2 aliphatic rings. The van der Waals surface area contributed by atoms with Crippen LogP contribution in [0.3, 0.4) is 0 Å². The third-order valence-corrected chi connectivity index (χ3v) is 7.34. The van der Waals surface area contributed by atoms with E-state index in [1.807, 2.05) is 6.07 Å². The minimum absolute atomic E-state index is 0.0847. The minimum Gasteiger partial charge on any atom is -0.472 e. The largest absolute Gasteiger partial charge is 0.472 e. The van der Waals surface area contributed by atoms with Gasteiger partial charge < -0.3 is 13.9 Å². The van der Waals surface area contributed by atoms with E-state index < -0.39 is 5.41 Å². The fourth-order valence-corrected chi connectivity index (χ4v) is 5.99. The Kier molecular flexibility index (Phi) is 5.74. The van der Waals surface area contributed by atoms with E-state index in [1.54, 1.807) is 12.5 Å². The van der Waals surface area contributed by atoms with Crippen LogP contribution in [0.2, 0.25) is 0 Å². The van der Waals surface area contributed by atoms with Crippen LogP contribution in [-0.2, 0) is 19.1 Å². The normalized spacial score (nSPS) is 33.6. The molecule has 28 heavy (non-hydrogen) atoms. The Hall–Kier alpha value is -2.04. The maximum Gasteiger partial charge on any atom is 0.311 e. The number of allylic oxidation sites excluding steroid dienone is 1. The van der Waals surface area contributed by atoms with Gasteiger partial charge in [0.1, 0.15) is 6.10 Å². The average Bonchev–Trinajstić information content (AvgIpc) is 3.17. The zero-order valence-corrected chi connectivity index (χ0v) is 17.5. The van der Waals surface area contributed by atoms with Gasteiger partial charge in [-0.05, 0) is 62.3 Å². The second-order valence-electron chi connectivity index (χ2n) is 8.96. The number of ether oxygens (including phenoxy) is 2. The average molecular weight is 389 g/mol. The maximum absolute atomic E-state index is 12.7. The molecule has 0 saturated heterocycles. The molecular weight excluding hydrogens is 356 g/mol. The van der Waals surface area contributed by atoms with Crippen LogP contribution in [0.15, 0.2) is 35.2 Å². The first-order chi connectivity index (χ1) is 13.2. The number of esters is 2. The van der Waals surface area contributed by atoms with E-state index in [4.69, 9.17) is 13.9 Å². The van der Waals surface area contributed by atoms with Gasteiger partial charge in [-0.3, -0.25) is 9.59 Å². The van der Waals surface area contributed by atoms with Gasteiger partial charge in [0.25, 0.3) is 0 Å². The lowest BCUT2D eigenvalue weighted by atomic mass is 9.46. The molecule has 5 heteroatoms. The Labute approximate surface area is 167 Å². The van der Waals surface area contributed by atoms with Gasteiger partial charge in [-0.1, -0.05) is 25.5 Å². The van der Waals surface area contributed by atoms with E-state index in [-0.39, 0.29) is 35.3 Å². The summed E-state index contributed by atoms with van der Waals surface area (Å²) in [6.07, 6.45) is 8.21. The van der Waals surface area contributed by atoms with Crippen molar-refractivity contribution in [2.45, 2.75) is 65.4 Å². The molecule has 0 aliphatic heterocycles. The highest BCUT2D eigenvalue weighted by Crippen LogP contribution is 2.62. The van der Waals surface area contributed by atoms with Crippen LogP contribution in [0.25, 0.3) is 0 Å². The molecule has 0 N–H and O–H groups in total. The molecule has 3 rings (SSSR count). The van der Waals surface area contributed by atoms with Crippen molar-refractivity contribution < 1.29 is 23.5 Å². The molecule has 0 spiro atoms. The van der Waals surface area contributed by atoms with Crippen molar-refractivity contribution in [2.75, 3.05) is 7.11 Å². The van der Waals surface area contributed by atoms with E-state index in [2.05, 4.69) is 20.4 Å². The summed E-state index contributed by atoms with van der Waals surface area (Å²) in [6, 6.07) is 1.85. The number of hydrogen-bond acceptors (Lipinski definition) is 5. The molecule has 0 amide bonds. The first kappa shape index (κ1) is 20.7. The van der Waals surface area contributed by atoms with Gasteiger partial charge in [0, 0.05) is 12.5 Å². The molecule has 1 unspecified atom stereocenters. The lowest BCUT2D eigenvalue weighted by Gasteiger charge is -2.57. The summed E-state index contributed by atoms with van der Waals surface area (Å²) >= 11 is 0. The van der Waals surface area contributed by atoms with Gasteiger partial charge in [0.05, 0.1) is 25.1 Å². The van der Waals surface area contributed by atoms with Crippen molar-refractivity contribution in [1.82, 2.24) is 0 Å². The topological polar surface area (TPSA) is 65.7 Å². The Bertz CT molecular complexity index is 736. The molecule has 1 aromatic heterocycles. The summed E-state index contributed by atoms with van der Waals surface area (Å²) in [5.41, 5.74) is 1.49. The smallest absolute Gasteiger partial charge is 0.311 e. The number of carbonyl (C=O) groups excluding carboxylic acids is 2. The number of hydrogen-bond donors (Lipinski definition) is 0. The van der Waals surface area contributed by atoms with Crippen LogP contribution in [0, 0.1) is 22.7 Å². The van der Waals surface area contributed by atoms with Crippen molar-refractivity contribution in [3.05, 3.63) is 36.3 Å². The Balaban J connectivity index is 1.94. The van der Waals surface area contributed by atoms with E-state index in [9.17, 15) is 9.59 Å². The highest BCUT2D eigenvalue weighted by molar-refractivity contribution is 5.77. The van der Waals surface area contributed by atoms with E-state index in [0.29, 0.717) is 6.42 Å². The fraction of sp³-hybridized carbons (Fsp3) is 0.652. The third kappa shape index (κ3) is 3.51. The van der Waals surface area contributed by atoms with Crippen LogP contribution < -0.4 is 0 Å². The monoisotopic (exact) mass is 388 g/mol. The van der Waals surface area contributed by atoms with Crippen molar-refractivity contribution in [3.8, 4) is 0 Å². The van der Waals surface area contributed by atoms with E-state index in [1.165, 1.54) is 19.6 Å². The SMILES string of the molecule is C=C1CCC2[C@](C)(C(=O)OC)CCC[C@@]2(C)[C@@H]1C[C@@H](OC(C)=O)c1ccoc1. The Morgan fingerprint density at radius 1 is 1.36 bits per heavy atom. The molecule has 2 fully saturated rings. The van der Waals surface area contributed by atoms with Gasteiger partial charge in [-0.2, -0.15) is 0 Å². The molecule has 0 bridgehead atoms. The molecule has 154 valence electrons. The molecule has 5 atom stereocenters. The molecule has 0 aromatic carbocycles. The second-order valence-corrected chi connectivity index (χ2v) is 8.96. The first-order valence-electron chi connectivity index (χ1n) is 10.2. The summed E-state index contributed by atoms with van der Waals surface area (Å²) in [5.74, 6) is -0.0350. The minimum atomic E-state index is -0.479. The van der Waals surface area contributed by atoms with Crippen molar-refractivity contribution in [1.29, 1.82) is 0 Å². The number of carbonyl (C=O) groups is 2. The highest BCUT2D eigenvalue weighted by Gasteiger charge is 2.58. The van der Waals surface area contributed by atoms with E-state index in [0.717, 1.165) is 37.7 Å². The van der Waals surface area contributed by atoms with Crippen LogP contribution >= 0.6 is 0 Å². The summed E-state index contributed by atoms with van der Waals surface area (Å²) in [7, 11) is 1.48. The molecular formula is C23H32O5. The number of methoxy groups -OCH3 is 1.